The first-order valence-corrected chi connectivity index (χ1v) is 12.0. The maximum Gasteiger partial charge on any atom is 0.264 e. The van der Waals surface area contributed by atoms with E-state index in [9.17, 15) is 13.6 Å². The molecular weight excluding hydrogens is 464 g/mol. The van der Waals surface area contributed by atoms with Gasteiger partial charge < -0.3 is 4.90 Å². The minimum absolute atomic E-state index is 0.0473. The van der Waals surface area contributed by atoms with Crippen LogP contribution in [0.4, 0.5) is 8.78 Å². The highest BCUT2D eigenvalue weighted by molar-refractivity contribution is 5.87. The molecule has 0 unspecified atom stereocenters. The topological polar surface area (TPSA) is 72.1 Å². The van der Waals surface area contributed by atoms with Crippen LogP contribution in [-0.2, 0) is 24.9 Å². The molecule has 0 aliphatic carbocycles. The van der Waals surface area contributed by atoms with Gasteiger partial charge in [-0.2, -0.15) is 10.2 Å². The zero-order valence-corrected chi connectivity index (χ0v) is 20.7. The van der Waals surface area contributed by atoms with Crippen molar-refractivity contribution in [3.05, 3.63) is 65.1 Å². The fourth-order valence-corrected chi connectivity index (χ4v) is 4.78. The summed E-state index contributed by atoms with van der Waals surface area (Å²) in [5.41, 5.74) is 4.14. The van der Waals surface area contributed by atoms with E-state index in [1.807, 2.05) is 17.0 Å². The molecule has 5 rings (SSSR count). The second-order valence-corrected chi connectivity index (χ2v) is 9.33. The number of alkyl halides is 2. The van der Waals surface area contributed by atoms with E-state index in [-0.39, 0.29) is 23.7 Å². The molecule has 1 aromatic carbocycles. The van der Waals surface area contributed by atoms with Crippen LogP contribution < -0.4 is 0 Å². The predicted molar refractivity (Wildman–Crippen MR) is 132 cm³/mol. The van der Waals surface area contributed by atoms with Crippen LogP contribution in [0.25, 0.3) is 22.3 Å². The maximum absolute atomic E-state index is 14.0. The number of aromatic nitrogens is 5. The van der Waals surface area contributed by atoms with E-state index in [2.05, 4.69) is 39.1 Å². The van der Waals surface area contributed by atoms with Crippen LogP contribution in [0.5, 0.6) is 0 Å². The zero-order valence-electron chi connectivity index (χ0n) is 20.7. The number of carbonyl (C=O) groups is 1. The zero-order chi connectivity index (χ0) is 25.4. The smallest absolute Gasteiger partial charge is 0.264 e. The van der Waals surface area contributed by atoms with E-state index in [0.29, 0.717) is 35.4 Å². The number of pyridine rings is 1. The summed E-state index contributed by atoms with van der Waals surface area (Å²) in [5.74, 6) is -0.0953. The molecule has 36 heavy (non-hydrogen) atoms. The summed E-state index contributed by atoms with van der Waals surface area (Å²) in [5, 5.41) is 8.85. The molecule has 1 amide bonds. The van der Waals surface area contributed by atoms with Gasteiger partial charge in [0.05, 0.1) is 23.0 Å². The van der Waals surface area contributed by atoms with E-state index in [0.717, 1.165) is 19.6 Å². The quantitative estimate of drug-likeness (QED) is 0.409. The number of rotatable bonds is 6. The molecule has 188 valence electrons. The molecule has 0 radical (unpaired) electrons. The first-order valence-electron chi connectivity index (χ1n) is 12.0. The van der Waals surface area contributed by atoms with Crippen molar-refractivity contribution in [2.45, 2.75) is 33.4 Å². The Morgan fingerprint density at radius 1 is 1.11 bits per heavy atom. The molecule has 0 N–H and O–H groups in total. The van der Waals surface area contributed by atoms with Gasteiger partial charge in [-0.1, -0.05) is 24.3 Å². The van der Waals surface area contributed by atoms with Crippen molar-refractivity contribution in [3.63, 3.8) is 0 Å². The van der Waals surface area contributed by atoms with Gasteiger partial charge in [-0.3, -0.25) is 14.4 Å². The number of benzene rings is 1. The number of halogens is 2. The normalized spacial score (nSPS) is 14.8. The number of aryl methyl sites for hydroxylation is 3. The number of carbonyl (C=O) groups excluding carboxylic acids is 1. The van der Waals surface area contributed by atoms with Crippen LogP contribution in [0, 0.1) is 13.8 Å². The highest BCUT2D eigenvalue weighted by Crippen LogP contribution is 2.33. The molecule has 0 saturated carbocycles. The third kappa shape index (κ3) is 4.73. The second kappa shape index (κ2) is 9.77. The minimum Gasteiger partial charge on any atom is -0.339 e. The van der Waals surface area contributed by atoms with Gasteiger partial charge >= 0.3 is 0 Å². The third-order valence-corrected chi connectivity index (χ3v) is 6.81. The number of hydrogen-bond acceptors (Lipinski definition) is 5. The summed E-state index contributed by atoms with van der Waals surface area (Å²) in [6.45, 7) is 7.36. The van der Waals surface area contributed by atoms with Crippen molar-refractivity contribution in [2.75, 3.05) is 26.2 Å². The second-order valence-electron chi connectivity index (χ2n) is 9.33. The Hall–Kier alpha value is -3.66. The van der Waals surface area contributed by atoms with Crippen molar-refractivity contribution < 1.29 is 13.6 Å². The molecule has 1 saturated heterocycles. The lowest BCUT2D eigenvalue weighted by Gasteiger charge is -2.35. The van der Waals surface area contributed by atoms with Crippen LogP contribution in [-0.4, -0.2) is 66.4 Å². The Balaban J connectivity index is 1.34. The molecule has 8 nitrogen and oxygen atoms in total. The molecule has 0 bridgehead atoms. The average molecular weight is 494 g/mol. The highest BCUT2D eigenvalue weighted by atomic mass is 19.3. The summed E-state index contributed by atoms with van der Waals surface area (Å²) < 4.78 is 31.0. The third-order valence-electron chi connectivity index (χ3n) is 6.81. The number of nitrogens with zero attached hydrogens (tertiary/aromatic N) is 7. The molecule has 0 atom stereocenters. The first kappa shape index (κ1) is 24.1. The lowest BCUT2D eigenvalue weighted by Crippen LogP contribution is -2.49. The number of piperazine rings is 1. The van der Waals surface area contributed by atoms with E-state index in [1.54, 1.807) is 31.0 Å². The van der Waals surface area contributed by atoms with Gasteiger partial charge in [0.2, 0.25) is 5.91 Å². The van der Waals surface area contributed by atoms with Crippen LogP contribution >= 0.6 is 0 Å². The molecule has 0 spiro atoms. The first-order chi connectivity index (χ1) is 17.3. The summed E-state index contributed by atoms with van der Waals surface area (Å²) in [6.07, 6.45) is 0.608. The largest absolute Gasteiger partial charge is 0.339 e. The lowest BCUT2D eigenvalue weighted by atomic mass is 10.1. The lowest BCUT2D eigenvalue weighted by molar-refractivity contribution is -0.133. The fraction of sp³-hybridized carbons (Fsp3) is 0.385. The van der Waals surface area contributed by atoms with E-state index >= 15 is 0 Å². The summed E-state index contributed by atoms with van der Waals surface area (Å²) in [6, 6.07) is 9.72. The van der Waals surface area contributed by atoms with E-state index in [1.165, 1.54) is 21.9 Å². The molecule has 4 heterocycles. The summed E-state index contributed by atoms with van der Waals surface area (Å²) >= 11 is 0. The molecule has 4 aromatic rings. The van der Waals surface area contributed by atoms with Crippen molar-refractivity contribution in [3.8, 4) is 11.3 Å². The Labute approximate surface area is 208 Å². The molecule has 10 heteroatoms. The Morgan fingerprint density at radius 3 is 2.53 bits per heavy atom. The van der Waals surface area contributed by atoms with Gasteiger partial charge in [-0.25, -0.2) is 18.4 Å². The van der Waals surface area contributed by atoms with Crippen molar-refractivity contribution in [1.82, 2.24) is 34.3 Å². The van der Waals surface area contributed by atoms with Gasteiger partial charge in [-0.15, -0.1) is 0 Å². The summed E-state index contributed by atoms with van der Waals surface area (Å²) in [7, 11) is 1.75. The average Bonchev–Trinajstić information content (AvgIpc) is 3.43. The minimum atomic E-state index is -2.70. The van der Waals surface area contributed by atoms with Gasteiger partial charge in [0.15, 0.2) is 5.65 Å². The molecule has 1 fully saturated rings. The van der Waals surface area contributed by atoms with Crippen molar-refractivity contribution in [2.24, 2.45) is 7.05 Å². The highest BCUT2D eigenvalue weighted by Gasteiger charge is 2.25. The maximum atomic E-state index is 14.0. The number of hydrogen-bond donors (Lipinski definition) is 0. The monoisotopic (exact) mass is 493 g/mol. The van der Waals surface area contributed by atoms with Crippen LogP contribution in [0.1, 0.15) is 28.8 Å². The van der Waals surface area contributed by atoms with Gasteiger partial charge in [0.1, 0.15) is 6.54 Å². The SMILES string of the molecule is Cc1ccccc1CN1CCN(C(=O)Cn2nc(C)c3c(C(F)F)cc(-c4cnn(C)c4)nc32)CC1. The van der Waals surface area contributed by atoms with Crippen LogP contribution in [0.3, 0.4) is 0 Å². The van der Waals surface area contributed by atoms with Gasteiger partial charge in [0, 0.05) is 57.1 Å². The van der Waals surface area contributed by atoms with Crippen LogP contribution in [0.2, 0.25) is 0 Å². The predicted octanol–water partition coefficient (Wildman–Crippen LogP) is 3.73. The number of amides is 1. The Kier molecular flexibility index (Phi) is 6.53. The Morgan fingerprint density at radius 2 is 1.86 bits per heavy atom. The molecule has 1 aliphatic heterocycles. The summed E-state index contributed by atoms with van der Waals surface area (Å²) in [4.78, 5) is 22.0. The standard InChI is InChI=1S/C26H29F2N7O/c1-17-6-4-5-7-19(17)15-33-8-10-34(11-9-33)23(36)16-35-26-24(18(2)31-35)21(25(27)28)12-22(30-26)20-13-29-32(3)14-20/h4-7,12-14,25H,8-11,15-16H2,1-3H3. The van der Waals surface area contributed by atoms with Gasteiger partial charge in [-0.05, 0) is 31.0 Å². The van der Waals surface area contributed by atoms with E-state index in [4.69, 9.17) is 0 Å². The van der Waals surface area contributed by atoms with Crippen molar-refractivity contribution in [1.29, 1.82) is 0 Å². The van der Waals surface area contributed by atoms with Crippen molar-refractivity contribution >= 4 is 16.9 Å². The molecule has 1 aliphatic rings. The molecular formula is C26H29F2N7O. The van der Waals surface area contributed by atoms with Crippen LogP contribution in [0.15, 0.2) is 42.7 Å². The fourth-order valence-electron chi connectivity index (χ4n) is 4.78. The van der Waals surface area contributed by atoms with Gasteiger partial charge in [0.25, 0.3) is 6.43 Å². The number of fused-ring (bicyclic) bond motifs is 1. The molecule has 3 aromatic heterocycles. The van der Waals surface area contributed by atoms with E-state index < -0.39 is 6.43 Å². The Bertz CT molecular complexity index is 1400.